The van der Waals surface area contributed by atoms with Gasteiger partial charge in [-0.15, -0.1) is 0 Å². The van der Waals surface area contributed by atoms with Gasteiger partial charge in [0.2, 0.25) is 0 Å². The van der Waals surface area contributed by atoms with E-state index in [-0.39, 0.29) is 23.3 Å². The normalized spacial score (nSPS) is 15.2. The van der Waals surface area contributed by atoms with E-state index in [0.29, 0.717) is 17.5 Å². The van der Waals surface area contributed by atoms with Crippen LogP contribution >= 0.6 is 0 Å². The summed E-state index contributed by atoms with van der Waals surface area (Å²) < 4.78 is 43.0. The number of halogens is 3. The van der Waals surface area contributed by atoms with E-state index in [4.69, 9.17) is 4.74 Å². The Bertz CT molecular complexity index is 763. The molecule has 2 rings (SSSR count). The van der Waals surface area contributed by atoms with Gasteiger partial charge < -0.3 is 20.0 Å². The molecule has 0 aromatic heterocycles. The van der Waals surface area contributed by atoms with Crippen LogP contribution in [0, 0.1) is 0 Å². The number of ether oxygens (including phenoxy) is 1. The number of aliphatic carboxylic acids is 1. The number of hydrogen-bond acceptors (Lipinski definition) is 5. The van der Waals surface area contributed by atoms with Gasteiger partial charge >= 0.3 is 12.1 Å². The highest BCUT2D eigenvalue weighted by Gasteiger charge is 2.31. The van der Waals surface area contributed by atoms with Gasteiger partial charge in [-0.1, -0.05) is 6.07 Å². The fourth-order valence-corrected chi connectivity index (χ4v) is 2.23. The minimum atomic E-state index is -4.56. The molecule has 0 saturated heterocycles. The molecule has 24 heavy (non-hydrogen) atoms. The predicted octanol–water partition coefficient (Wildman–Crippen LogP) is 1.90. The Morgan fingerprint density at radius 1 is 1.17 bits per heavy atom. The number of carbonyl (C=O) groups is 2. The molecule has 0 saturated carbocycles. The Kier molecular flexibility index (Phi) is 4.68. The lowest BCUT2D eigenvalue weighted by Gasteiger charge is -2.23. The summed E-state index contributed by atoms with van der Waals surface area (Å²) in [6.45, 7) is 3.06. The van der Waals surface area contributed by atoms with Gasteiger partial charge in [-0.05, 0) is 37.6 Å². The number of allylic oxidation sites excluding steroid dienone is 2. The number of carboxylic acid groups (broad SMARTS) is 1. The third-order valence-electron chi connectivity index (χ3n) is 3.50. The summed E-state index contributed by atoms with van der Waals surface area (Å²) in [5.74, 6) is -2.64. The maximum absolute atomic E-state index is 12.7. The van der Waals surface area contributed by atoms with Gasteiger partial charge in [0, 0.05) is 17.8 Å². The van der Waals surface area contributed by atoms with Gasteiger partial charge in [-0.3, -0.25) is 0 Å². The summed E-state index contributed by atoms with van der Waals surface area (Å²) in [7, 11) is 0. The molecule has 1 heterocycles. The first-order chi connectivity index (χ1) is 11.1. The van der Waals surface area contributed by atoms with E-state index in [1.165, 1.54) is 19.9 Å². The minimum absolute atomic E-state index is 0.0113. The van der Waals surface area contributed by atoms with Crippen LogP contribution in [0.1, 0.15) is 25.8 Å². The third-order valence-corrected chi connectivity index (χ3v) is 3.50. The van der Waals surface area contributed by atoms with Crippen LogP contribution in [-0.2, 0) is 15.8 Å². The van der Waals surface area contributed by atoms with Crippen molar-refractivity contribution in [2.24, 2.45) is 0 Å². The first kappa shape index (κ1) is 17.6. The van der Waals surface area contributed by atoms with Crippen molar-refractivity contribution in [2.45, 2.75) is 26.4 Å². The molecule has 0 bridgehead atoms. The fourth-order valence-electron chi connectivity index (χ4n) is 2.23. The van der Waals surface area contributed by atoms with Crippen molar-refractivity contribution in [1.82, 2.24) is 5.32 Å². The molecule has 8 heteroatoms. The second-order valence-electron chi connectivity index (χ2n) is 5.21. The smallest absolute Gasteiger partial charge is 0.416 e. The van der Waals surface area contributed by atoms with Crippen LogP contribution in [0.4, 0.5) is 13.2 Å². The highest BCUT2D eigenvalue weighted by atomic mass is 19.4. The van der Waals surface area contributed by atoms with Gasteiger partial charge in [-0.25, -0.2) is 4.79 Å². The Morgan fingerprint density at radius 2 is 1.79 bits per heavy atom. The van der Waals surface area contributed by atoms with Crippen molar-refractivity contribution in [3.05, 3.63) is 52.4 Å². The third kappa shape index (κ3) is 3.76. The number of nitrogens with one attached hydrogen (secondary N) is 1. The van der Waals surface area contributed by atoms with Gasteiger partial charge in [0.15, 0.2) is 0 Å². The van der Waals surface area contributed by atoms with E-state index in [9.17, 15) is 27.9 Å². The van der Waals surface area contributed by atoms with Crippen molar-refractivity contribution in [3.63, 3.8) is 0 Å². The number of carboxylic acids is 1. The summed E-state index contributed by atoms with van der Waals surface area (Å²) in [5.41, 5.74) is -0.349. The summed E-state index contributed by atoms with van der Waals surface area (Å²) in [5, 5.41) is 13.8. The number of esters is 1. The Balaban J connectivity index is 2.22. The SMILES string of the molecule is CC1=C(C(=O)[O-])CC(C(=O)Oc2cccc(C(F)(F)F)c2)=C(C)N1. The first-order valence-corrected chi connectivity index (χ1v) is 6.87. The van der Waals surface area contributed by atoms with Crippen molar-refractivity contribution in [2.75, 3.05) is 0 Å². The number of hydrogen-bond donors (Lipinski definition) is 1. The molecule has 5 nitrogen and oxygen atoms in total. The molecule has 0 unspecified atom stereocenters. The summed E-state index contributed by atoms with van der Waals surface area (Å²) in [4.78, 5) is 23.2. The number of rotatable bonds is 3. The van der Waals surface area contributed by atoms with Crippen LogP contribution in [0.25, 0.3) is 0 Å². The van der Waals surface area contributed by atoms with Crippen molar-refractivity contribution < 1.29 is 32.6 Å². The van der Waals surface area contributed by atoms with Gasteiger partial charge in [0.25, 0.3) is 0 Å². The van der Waals surface area contributed by atoms with Crippen molar-refractivity contribution >= 4 is 11.9 Å². The molecule has 0 radical (unpaired) electrons. The van der Waals surface area contributed by atoms with Crippen molar-refractivity contribution in [1.29, 1.82) is 0 Å². The summed E-state index contributed by atoms with van der Waals surface area (Å²) >= 11 is 0. The molecule has 1 aromatic carbocycles. The van der Waals surface area contributed by atoms with Crippen LogP contribution in [0.5, 0.6) is 5.75 Å². The Labute approximate surface area is 135 Å². The topological polar surface area (TPSA) is 78.5 Å². The van der Waals surface area contributed by atoms with Gasteiger partial charge in [0.1, 0.15) is 5.75 Å². The van der Waals surface area contributed by atoms with Crippen LogP contribution in [0.2, 0.25) is 0 Å². The highest BCUT2D eigenvalue weighted by molar-refractivity contribution is 5.96. The van der Waals surface area contributed by atoms with Gasteiger partial charge in [0.05, 0.1) is 17.1 Å². The van der Waals surface area contributed by atoms with Crippen LogP contribution < -0.4 is 15.2 Å². The summed E-state index contributed by atoms with van der Waals surface area (Å²) in [6.07, 6.45) is -4.79. The quantitative estimate of drug-likeness (QED) is 0.672. The molecule has 0 spiro atoms. The Hall–Kier alpha value is -2.77. The standard InChI is InChI=1S/C16H14F3NO4/c1-8-12(14(21)22)7-13(9(2)20-8)15(23)24-11-5-3-4-10(6-11)16(17,18)19/h3-6,20H,7H2,1-2H3,(H,21,22)/p-1. The van der Waals surface area contributed by atoms with Crippen molar-refractivity contribution in [3.8, 4) is 5.75 Å². The molecule has 128 valence electrons. The molecule has 1 aliphatic rings. The maximum atomic E-state index is 12.7. The van der Waals surface area contributed by atoms with E-state index in [1.807, 2.05) is 0 Å². The van der Waals surface area contributed by atoms with Crippen LogP contribution in [-0.4, -0.2) is 11.9 Å². The first-order valence-electron chi connectivity index (χ1n) is 6.87. The lowest BCUT2D eigenvalue weighted by atomic mass is 9.98. The fraction of sp³-hybridized carbons (Fsp3) is 0.250. The minimum Gasteiger partial charge on any atom is -0.545 e. The molecule has 1 aromatic rings. The van der Waals surface area contributed by atoms with Crippen LogP contribution in [0.3, 0.4) is 0 Å². The van der Waals surface area contributed by atoms with Crippen LogP contribution in [0.15, 0.2) is 46.8 Å². The molecule has 1 aliphatic heterocycles. The molecular weight excluding hydrogens is 327 g/mol. The zero-order chi connectivity index (χ0) is 18.1. The molecule has 1 N–H and O–H groups in total. The monoisotopic (exact) mass is 340 g/mol. The van der Waals surface area contributed by atoms with E-state index >= 15 is 0 Å². The lowest BCUT2D eigenvalue weighted by Crippen LogP contribution is -2.33. The van der Waals surface area contributed by atoms with E-state index < -0.39 is 23.7 Å². The van der Waals surface area contributed by atoms with E-state index in [2.05, 4.69) is 5.32 Å². The number of carbonyl (C=O) groups excluding carboxylic acids is 2. The highest BCUT2D eigenvalue weighted by Crippen LogP contribution is 2.32. The average Bonchev–Trinajstić information content (AvgIpc) is 2.46. The molecule has 0 fully saturated rings. The molecule has 0 amide bonds. The second kappa shape index (κ2) is 6.38. The Morgan fingerprint density at radius 3 is 2.38 bits per heavy atom. The molecular formula is C16H13F3NO4-. The lowest BCUT2D eigenvalue weighted by molar-refractivity contribution is -0.299. The predicted molar refractivity (Wildman–Crippen MR) is 75.2 cm³/mol. The van der Waals surface area contributed by atoms with Gasteiger partial charge in [-0.2, -0.15) is 13.2 Å². The number of benzene rings is 1. The maximum Gasteiger partial charge on any atom is 0.416 e. The largest absolute Gasteiger partial charge is 0.545 e. The number of dihydropyridines is 1. The van der Waals surface area contributed by atoms with E-state index in [1.54, 1.807) is 0 Å². The average molecular weight is 340 g/mol. The van der Waals surface area contributed by atoms with E-state index in [0.717, 1.165) is 12.1 Å². The zero-order valence-electron chi connectivity index (χ0n) is 12.8. The second-order valence-corrected chi connectivity index (χ2v) is 5.21. The molecule has 0 atom stereocenters. The zero-order valence-corrected chi connectivity index (χ0v) is 12.8. The number of alkyl halides is 3. The summed E-state index contributed by atoms with van der Waals surface area (Å²) in [6, 6.07) is 3.87. The molecule has 0 aliphatic carbocycles.